The van der Waals surface area contributed by atoms with E-state index in [2.05, 4.69) is 16.9 Å². The Bertz CT molecular complexity index is 988. The second-order valence-corrected chi connectivity index (χ2v) is 7.28. The van der Waals surface area contributed by atoms with Crippen LogP contribution in [0, 0.1) is 11.3 Å². The molecule has 0 saturated carbocycles. The van der Waals surface area contributed by atoms with Crippen molar-refractivity contribution in [3.63, 3.8) is 0 Å². The minimum absolute atomic E-state index is 0.125. The molecule has 1 N–H and O–H groups in total. The Morgan fingerprint density at radius 2 is 1.40 bits per heavy atom. The van der Waals surface area contributed by atoms with Gasteiger partial charge < -0.3 is 0 Å². The van der Waals surface area contributed by atoms with Crippen molar-refractivity contribution in [3.05, 3.63) is 95.6 Å². The van der Waals surface area contributed by atoms with Crippen LogP contribution in [-0.4, -0.2) is 8.42 Å². The summed E-state index contributed by atoms with van der Waals surface area (Å²) < 4.78 is 27.3. The van der Waals surface area contributed by atoms with Gasteiger partial charge in [-0.05, 0) is 53.9 Å². The average molecular weight is 348 g/mol. The first kappa shape index (κ1) is 16.7. The number of hydrogen-bond acceptors (Lipinski definition) is 3. The van der Waals surface area contributed by atoms with Crippen LogP contribution < -0.4 is 4.72 Å². The number of anilines is 1. The van der Waals surface area contributed by atoms with Gasteiger partial charge in [0.2, 0.25) is 0 Å². The summed E-state index contributed by atoms with van der Waals surface area (Å²) in [5.41, 5.74) is 3.23. The third-order valence-corrected chi connectivity index (χ3v) is 5.15. The fourth-order valence-corrected chi connectivity index (χ4v) is 3.50. The maximum atomic E-state index is 12.4. The number of hydrogen-bond donors (Lipinski definition) is 1. The van der Waals surface area contributed by atoms with E-state index in [0.717, 1.165) is 12.0 Å². The lowest BCUT2D eigenvalue weighted by molar-refractivity contribution is 0.601. The highest BCUT2D eigenvalue weighted by molar-refractivity contribution is 7.92. The molecule has 25 heavy (non-hydrogen) atoms. The fraction of sp³-hybridized carbons (Fsp3) is 0.0500. The summed E-state index contributed by atoms with van der Waals surface area (Å²) >= 11 is 0. The summed E-state index contributed by atoms with van der Waals surface area (Å²) in [4.78, 5) is 0.125. The number of benzene rings is 3. The molecule has 0 unspecified atom stereocenters. The highest BCUT2D eigenvalue weighted by Gasteiger charge is 2.14. The highest BCUT2D eigenvalue weighted by Crippen LogP contribution is 2.18. The molecule has 3 aromatic rings. The zero-order valence-electron chi connectivity index (χ0n) is 13.4. The van der Waals surface area contributed by atoms with Gasteiger partial charge in [0.25, 0.3) is 10.0 Å². The molecule has 0 aromatic heterocycles. The van der Waals surface area contributed by atoms with Crippen molar-refractivity contribution in [1.82, 2.24) is 0 Å². The Morgan fingerprint density at radius 1 is 0.800 bits per heavy atom. The maximum Gasteiger partial charge on any atom is 0.261 e. The van der Waals surface area contributed by atoms with E-state index in [1.807, 2.05) is 36.4 Å². The predicted octanol–water partition coefficient (Wildman–Crippen LogP) is 3.95. The van der Waals surface area contributed by atoms with E-state index in [-0.39, 0.29) is 4.90 Å². The van der Waals surface area contributed by atoms with E-state index >= 15 is 0 Å². The molecular weight excluding hydrogens is 332 g/mol. The first-order valence-electron chi connectivity index (χ1n) is 7.73. The van der Waals surface area contributed by atoms with Crippen LogP contribution in [0.5, 0.6) is 0 Å². The lowest BCUT2D eigenvalue weighted by atomic mass is 10.1. The second kappa shape index (κ2) is 7.20. The molecule has 0 bridgehead atoms. The molecule has 0 saturated heterocycles. The monoisotopic (exact) mass is 348 g/mol. The van der Waals surface area contributed by atoms with E-state index in [0.29, 0.717) is 11.3 Å². The lowest BCUT2D eigenvalue weighted by Gasteiger charge is -2.09. The molecule has 0 radical (unpaired) electrons. The Hall–Kier alpha value is -3.10. The van der Waals surface area contributed by atoms with Crippen LogP contribution in [0.15, 0.2) is 83.8 Å². The van der Waals surface area contributed by atoms with Crippen LogP contribution in [0.1, 0.15) is 16.7 Å². The van der Waals surface area contributed by atoms with Gasteiger partial charge in [0.1, 0.15) is 0 Å². The van der Waals surface area contributed by atoms with Crippen LogP contribution in [0.2, 0.25) is 0 Å². The molecule has 0 spiro atoms. The highest BCUT2D eigenvalue weighted by atomic mass is 32.2. The van der Waals surface area contributed by atoms with Gasteiger partial charge >= 0.3 is 0 Å². The minimum atomic E-state index is -3.67. The maximum absolute atomic E-state index is 12.4. The van der Waals surface area contributed by atoms with Crippen LogP contribution in [0.4, 0.5) is 5.69 Å². The SMILES string of the molecule is N#Cc1ccc(S(=O)(=O)Nc2ccc(Cc3ccccc3)cc2)cc1. The topological polar surface area (TPSA) is 70.0 Å². The van der Waals surface area contributed by atoms with Crippen LogP contribution in [0.3, 0.4) is 0 Å². The molecule has 5 heteroatoms. The van der Waals surface area contributed by atoms with Crippen molar-refractivity contribution in [3.8, 4) is 6.07 Å². The van der Waals surface area contributed by atoms with Gasteiger partial charge in [-0.15, -0.1) is 0 Å². The summed E-state index contributed by atoms with van der Waals surface area (Å²) in [5, 5.41) is 8.78. The van der Waals surface area contributed by atoms with E-state index in [1.54, 1.807) is 12.1 Å². The Balaban J connectivity index is 1.73. The smallest absolute Gasteiger partial charge is 0.261 e. The number of sulfonamides is 1. The molecule has 0 heterocycles. The normalized spacial score (nSPS) is 10.8. The molecule has 0 aliphatic heterocycles. The average Bonchev–Trinajstić information content (AvgIpc) is 2.64. The third-order valence-electron chi connectivity index (χ3n) is 3.75. The molecule has 0 amide bonds. The molecule has 3 aromatic carbocycles. The van der Waals surface area contributed by atoms with E-state index in [4.69, 9.17) is 5.26 Å². The van der Waals surface area contributed by atoms with Gasteiger partial charge in [0.15, 0.2) is 0 Å². The zero-order valence-corrected chi connectivity index (χ0v) is 14.2. The number of nitrogens with zero attached hydrogens (tertiary/aromatic N) is 1. The van der Waals surface area contributed by atoms with E-state index in [9.17, 15) is 8.42 Å². The molecule has 0 aliphatic carbocycles. The van der Waals surface area contributed by atoms with Crippen LogP contribution in [-0.2, 0) is 16.4 Å². The Labute approximate surface area is 147 Å². The standard InChI is InChI=1S/C20H16N2O2S/c21-15-18-8-12-20(13-9-18)25(23,24)22-19-10-6-17(7-11-19)14-16-4-2-1-3-5-16/h1-13,22H,14H2. The second-order valence-electron chi connectivity index (χ2n) is 5.60. The predicted molar refractivity (Wildman–Crippen MR) is 97.7 cm³/mol. The van der Waals surface area contributed by atoms with Crippen molar-refractivity contribution >= 4 is 15.7 Å². The molecule has 0 aliphatic rings. The third kappa shape index (κ3) is 4.25. The Morgan fingerprint density at radius 3 is 2.00 bits per heavy atom. The van der Waals surface area contributed by atoms with Gasteiger partial charge in [-0.3, -0.25) is 4.72 Å². The van der Waals surface area contributed by atoms with Gasteiger partial charge in [-0.2, -0.15) is 5.26 Å². The summed E-state index contributed by atoms with van der Waals surface area (Å²) in [7, 11) is -3.67. The molecule has 3 rings (SSSR count). The summed E-state index contributed by atoms with van der Waals surface area (Å²) in [5.74, 6) is 0. The van der Waals surface area contributed by atoms with Crippen LogP contribution >= 0.6 is 0 Å². The minimum Gasteiger partial charge on any atom is -0.280 e. The van der Waals surface area contributed by atoms with Gasteiger partial charge in [0.05, 0.1) is 16.5 Å². The number of nitrogens with one attached hydrogen (secondary N) is 1. The van der Waals surface area contributed by atoms with Crippen molar-refractivity contribution in [1.29, 1.82) is 5.26 Å². The number of rotatable bonds is 5. The largest absolute Gasteiger partial charge is 0.280 e. The van der Waals surface area contributed by atoms with E-state index in [1.165, 1.54) is 29.8 Å². The molecule has 0 fully saturated rings. The first-order valence-corrected chi connectivity index (χ1v) is 9.21. The lowest BCUT2D eigenvalue weighted by Crippen LogP contribution is -2.12. The van der Waals surface area contributed by atoms with Crippen molar-refractivity contribution in [2.24, 2.45) is 0 Å². The quantitative estimate of drug-likeness (QED) is 0.759. The summed E-state index contributed by atoms with van der Waals surface area (Å²) in [6.07, 6.45) is 0.795. The molecule has 124 valence electrons. The van der Waals surface area contributed by atoms with Crippen LogP contribution in [0.25, 0.3) is 0 Å². The number of nitriles is 1. The fourth-order valence-electron chi connectivity index (χ4n) is 2.44. The van der Waals surface area contributed by atoms with Crippen molar-refractivity contribution in [2.75, 3.05) is 4.72 Å². The van der Waals surface area contributed by atoms with Crippen molar-refractivity contribution in [2.45, 2.75) is 11.3 Å². The van der Waals surface area contributed by atoms with Gasteiger partial charge in [-0.25, -0.2) is 8.42 Å². The van der Waals surface area contributed by atoms with E-state index < -0.39 is 10.0 Å². The molecular formula is C20H16N2O2S. The van der Waals surface area contributed by atoms with Gasteiger partial charge in [-0.1, -0.05) is 42.5 Å². The summed E-state index contributed by atoms with van der Waals surface area (Å²) in [6.45, 7) is 0. The summed E-state index contributed by atoms with van der Waals surface area (Å²) in [6, 6.07) is 25.2. The zero-order chi connectivity index (χ0) is 17.7. The molecule has 0 atom stereocenters. The van der Waals surface area contributed by atoms with Crippen molar-refractivity contribution < 1.29 is 8.42 Å². The Kier molecular flexibility index (Phi) is 4.82. The van der Waals surface area contributed by atoms with Gasteiger partial charge in [0, 0.05) is 5.69 Å². The molecule has 4 nitrogen and oxygen atoms in total. The first-order chi connectivity index (χ1) is 12.1.